The SMILES string of the molecule is C#CCOc1ccc(C=NNC(N)=O)cc1I. The lowest BCUT2D eigenvalue weighted by Crippen LogP contribution is -2.24. The van der Waals surface area contributed by atoms with Crippen molar-refractivity contribution >= 4 is 34.8 Å². The highest BCUT2D eigenvalue weighted by atomic mass is 127. The first kappa shape index (κ1) is 13.3. The third-order valence-corrected chi connectivity index (χ3v) is 2.50. The topological polar surface area (TPSA) is 76.7 Å². The van der Waals surface area contributed by atoms with Gasteiger partial charge in [0.05, 0.1) is 9.78 Å². The van der Waals surface area contributed by atoms with Crippen molar-refractivity contribution in [2.24, 2.45) is 10.8 Å². The third-order valence-electron chi connectivity index (χ3n) is 1.66. The van der Waals surface area contributed by atoms with Gasteiger partial charge >= 0.3 is 6.03 Å². The van der Waals surface area contributed by atoms with Crippen LogP contribution in [0.3, 0.4) is 0 Å². The maximum Gasteiger partial charge on any atom is 0.332 e. The second kappa shape index (κ2) is 6.75. The molecule has 0 aliphatic rings. The zero-order chi connectivity index (χ0) is 12.7. The monoisotopic (exact) mass is 343 g/mol. The van der Waals surface area contributed by atoms with Crippen molar-refractivity contribution in [2.45, 2.75) is 0 Å². The Morgan fingerprint density at radius 1 is 1.71 bits per heavy atom. The number of nitrogens with zero attached hydrogens (tertiary/aromatic N) is 1. The van der Waals surface area contributed by atoms with Gasteiger partial charge in [0.2, 0.25) is 0 Å². The predicted octanol–water partition coefficient (Wildman–Crippen LogP) is 1.31. The number of hydrogen-bond acceptors (Lipinski definition) is 3. The summed E-state index contributed by atoms with van der Waals surface area (Å²) >= 11 is 2.12. The van der Waals surface area contributed by atoms with Gasteiger partial charge in [-0.2, -0.15) is 5.10 Å². The summed E-state index contributed by atoms with van der Waals surface area (Å²) in [5.74, 6) is 3.10. The minimum Gasteiger partial charge on any atom is -0.480 e. The molecule has 1 aromatic rings. The molecule has 3 N–H and O–H groups in total. The average Bonchev–Trinajstić information content (AvgIpc) is 2.27. The predicted molar refractivity (Wildman–Crippen MR) is 73.8 cm³/mol. The maximum absolute atomic E-state index is 10.4. The van der Waals surface area contributed by atoms with Crippen LogP contribution in [0, 0.1) is 15.9 Å². The molecule has 5 nitrogen and oxygen atoms in total. The smallest absolute Gasteiger partial charge is 0.332 e. The molecule has 0 saturated carbocycles. The van der Waals surface area contributed by atoms with Gasteiger partial charge in [0.15, 0.2) is 0 Å². The Bertz CT molecular complexity index is 480. The molecular formula is C11H10IN3O2. The van der Waals surface area contributed by atoms with Gasteiger partial charge in [-0.15, -0.1) is 6.42 Å². The molecule has 0 heterocycles. The van der Waals surface area contributed by atoms with E-state index in [0.29, 0.717) is 5.75 Å². The quantitative estimate of drug-likeness (QED) is 0.374. The maximum atomic E-state index is 10.4. The summed E-state index contributed by atoms with van der Waals surface area (Å²) in [6, 6.07) is 4.72. The molecule has 0 bridgehead atoms. The molecule has 1 rings (SSSR count). The Morgan fingerprint density at radius 3 is 3.06 bits per heavy atom. The van der Waals surface area contributed by atoms with Crippen LogP contribution < -0.4 is 15.9 Å². The van der Waals surface area contributed by atoms with Crippen molar-refractivity contribution in [1.29, 1.82) is 0 Å². The van der Waals surface area contributed by atoms with Crippen molar-refractivity contribution < 1.29 is 9.53 Å². The van der Waals surface area contributed by atoms with Crippen LogP contribution in [-0.2, 0) is 0 Å². The first-order valence-electron chi connectivity index (χ1n) is 4.58. The Kier molecular flexibility index (Phi) is 5.29. The van der Waals surface area contributed by atoms with E-state index in [4.69, 9.17) is 16.9 Å². The van der Waals surface area contributed by atoms with Crippen LogP contribution in [0.15, 0.2) is 23.3 Å². The number of nitrogens with one attached hydrogen (secondary N) is 1. The average molecular weight is 343 g/mol. The second-order valence-electron chi connectivity index (χ2n) is 2.92. The van der Waals surface area contributed by atoms with E-state index in [0.717, 1.165) is 9.13 Å². The minimum absolute atomic E-state index is 0.229. The fraction of sp³-hybridized carbons (Fsp3) is 0.0909. The fourth-order valence-corrected chi connectivity index (χ4v) is 1.70. The summed E-state index contributed by atoms with van der Waals surface area (Å²) < 4.78 is 6.21. The van der Waals surface area contributed by atoms with Crippen molar-refractivity contribution in [3.8, 4) is 18.1 Å². The van der Waals surface area contributed by atoms with Gasteiger partial charge in [0, 0.05) is 0 Å². The molecule has 0 unspecified atom stereocenters. The number of benzene rings is 1. The van der Waals surface area contributed by atoms with E-state index >= 15 is 0 Å². The van der Waals surface area contributed by atoms with Crippen LogP contribution >= 0.6 is 22.6 Å². The molecule has 1 aromatic carbocycles. The highest BCUT2D eigenvalue weighted by molar-refractivity contribution is 14.1. The Labute approximate surface area is 113 Å². The molecule has 17 heavy (non-hydrogen) atoms. The standard InChI is InChI=1S/C11H10IN3O2/c1-2-5-17-10-4-3-8(6-9(10)12)7-14-15-11(13)16/h1,3-4,6-7H,5H2,(H3,13,15,16). The number of primary amides is 1. The molecule has 88 valence electrons. The van der Waals surface area contributed by atoms with Crippen LogP contribution in [0.1, 0.15) is 5.56 Å². The van der Waals surface area contributed by atoms with Gasteiger partial charge < -0.3 is 10.5 Å². The molecule has 0 spiro atoms. The van der Waals surface area contributed by atoms with Crippen LogP contribution in [0.4, 0.5) is 4.79 Å². The largest absolute Gasteiger partial charge is 0.480 e. The van der Waals surface area contributed by atoms with E-state index in [-0.39, 0.29) is 6.61 Å². The number of ether oxygens (including phenoxy) is 1. The van der Waals surface area contributed by atoms with Crippen LogP contribution in [0.5, 0.6) is 5.75 Å². The van der Waals surface area contributed by atoms with Gasteiger partial charge in [-0.3, -0.25) is 0 Å². The van der Waals surface area contributed by atoms with Crippen molar-refractivity contribution in [1.82, 2.24) is 5.43 Å². The van der Waals surface area contributed by atoms with Gasteiger partial charge in [0.25, 0.3) is 0 Å². The number of rotatable bonds is 4. The van der Waals surface area contributed by atoms with E-state index < -0.39 is 6.03 Å². The second-order valence-corrected chi connectivity index (χ2v) is 4.08. The van der Waals surface area contributed by atoms with Gasteiger partial charge in [-0.1, -0.05) is 5.92 Å². The van der Waals surface area contributed by atoms with E-state index in [9.17, 15) is 4.79 Å². The summed E-state index contributed by atoms with van der Waals surface area (Å²) in [6.07, 6.45) is 6.58. The van der Waals surface area contributed by atoms with Crippen LogP contribution in [0.2, 0.25) is 0 Å². The lowest BCUT2D eigenvalue weighted by Gasteiger charge is -2.05. The number of terminal acetylenes is 1. The van der Waals surface area contributed by atoms with Crippen LogP contribution in [-0.4, -0.2) is 18.9 Å². The summed E-state index contributed by atoms with van der Waals surface area (Å²) in [5, 5.41) is 3.65. The Balaban J connectivity index is 2.72. The summed E-state index contributed by atoms with van der Waals surface area (Å²) in [5.41, 5.74) is 7.79. The minimum atomic E-state index is -0.704. The van der Waals surface area contributed by atoms with E-state index in [1.807, 2.05) is 6.07 Å². The van der Waals surface area contributed by atoms with Crippen LogP contribution in [0.25, 0.3) is 0 Å². The van der Waals surface area contributed by atoms with Crippen molar-refractivity contribution in [3.05, 3.63) is 27.3 Å². The van der Waals surface area contributed by atoms with Crippen molar-refractivity contribution in [2.75, 3.05) is 6.61 Å². The molecule has 0 aliphatic heterocycles. The molecule has 0 fully saturated rings. The number of hydrazone groups is 1. The molecule has 2 amide bonds. The lowest BCUT2D eigenvalue weighted by molar-refractivity contribution is 0.249. The van der Waals surface area contributed by atoms with E-state index in [1.54, 1.807) is 12.1 Å². The van der Waals surface area contributed by atoms with E-state index in [2.05, 4.69) is 39.0 Å². The van der Waals surface area contributed by atoms with Gasteiger partial charge in [-0.25, -0.2) is 10.2 Å². The number of halogens is 1. The summed E-state index contributed by atoms with van der Waals surface area (Å²) in [7, 11) is 0. The molecule has 0 radical (unpaired) electrons. The zero-order valence-corrected chi connectivity index (χ0v) is 11.0. The molecule has 0 saturated heterocycles. The normalized spacial score (nSPS) is 9.88. The first-order valence-corrected chi connectivity index (χ1v) is 5.65. The molecule has 0 aromatic heterocycles. The number of carbonyl (C=O) groups excluding carboxylic acids is 1. The zero-order valence-electron chi connectivity index (χ0n) is 8.81. The third kappa shape index (κ3) is 4.74. The highest BCUT2D eigenvalue weighted by Gasteiger charge is 2.00. The lowest BCUT2D eigenvalue weighted by atomic mass is 10.2. The number of urea groups is 1. The molecular weight excluding hydrogens is 333 g/mol. The fourth-order valence-electron chi connectivity index (χ4n) is 1.00. The Hall–Kier alpha value is -1.75. The number of hydrogen-bond donors (Lipinski definition) is 2. The van der Waals surface area contributed by atoms with Crippen molar-refractivity contribution in [3.63, 3.8) is 0 Å². The van der Waals surface area contributed by atoms with Gasteiger partial charge in [0.1, 0.15) is 12.4 Å². The number of carbonyl (C=O) groups is 1. The van der Waals surface area contributed by atoms with Gasteiger partial charge in [-0.05, 0) is 46.4 Å². The number of nitrogens with two attached hydrogens (primary N) is 1. The number of amides is 2. The highest BCUT2D eigenvalue weighted by Crippen LogP contribution is 2.21. The summed E-state index contributed by atoms with van der Waals surface area (Å²) in [6.45, 7) is 0.229. The first-order chi connectivity index (χ1) is 8.13. The van der Waals surface area contributed by atoms with E-state index in [1.165, 1.54) is 6.21 Å². The molecule has 0 aliphatic carbocycles. The molecule has 6 heteroatoms. The summed E-state index contributed by atoms with van der Waals surface area (Å²) in [4.78, 5) is 10.4. The molecule has 0 atom stereocenters. The Morgan fingerprint density at radius 2 is 2.47 bits per heavy atom.